The quantitative estimate of drug-likeness (QED) is 0.857. The molecule has 132 valence electrons. The smallest absolute Gasteiger partial charge is 0.410 e. The van der Waals surface area contributed by atoms with E-state index < -0.39 is 11.6 Å². The SMILES string of the molecule is CC(C)[C@H](N)C(=O)N(C1CC1)C1CCN(C(=O)OC(C)(C)C)C1. The van der Waals surface area contributed by atoms with E-state index in [0.29, 0.717) is 19.1 Å². The first-order valence-electron chi connectivity index (χ1n) is 8.66. The summed E-state index contributed by atoms with van der Waals surface area (Å²) in [6.45, 7) is 10.7. The molecule has 0 aromatic carbocycles. The number of carbonyl (C=O) groups excluding carboxylic acids is 2. The van der Waals surface area contributed by atoms with Crippen molar-refractivity contribution in [2.45, 2.75) is 77.6 Å². The van der Waals surface area contributed by atoms with Gasteiger partial charge in [0.1, 0.15) is 5.60 Å². The van der Waals surface area contributed by atoms with Crippen LogP contribution in [0.3, 0.4) is 0 Å². The number of carbonyl (C=O) groups is 2. The molecule has 0 radical (unpaired) electrons. The lowest BCUT2D eigenvalue weighted by Crippen LogP contribution is -2.52. The molecule has 0 bridgehead atoms. The van der Waals surface area contributed by atoms with Gasteiger partial charge in [-0.1, -0.05) is 13.8 Å². The summed E-state index contributed by atoms with van der Waals surface area (Å²) in [6, 6.07) is -0.102. The zero-order valence-corrected chi connectivity index (χ0v) is 15.0. The predicted molar refractivity (Wildman–Crippen MR) is 88.9 cm³/mol. The summed E-state index contributed by atoms with van der Waals surface area (Å²) >= 11 is 0. The molecule has 0 spiro atoms. The first-order chi connectivity index (χ1) is 10.6. The van der Waals surface area contributed by atoms with Gasteiger partial charge in [0, 0.05) is 19.1 Å². The molecular weight excluding hydrogens is 294 g/mol. The van der Waals surface area contributed by atoms with Gasteiger partial charge in [0.15, 0.2) is 0 Å². The highest BCUT2D eigenvalue weighted by molar-refractivity contribution is 5.83. The van der Waals surface area contributed by atoms with Crippen LogP contribution in [-0.2, 0) is 9.53 Å². The molecule has 1 heterocycles. The van der Waals surface area contributed by atoms with Crippen molar-refractivity contribution in [2.75, 3.05) is 13.1 Å². The third kappa shape index (κ3) is 4.59. The number of nitrogens with two attached hydrogens (primary N) is 1. The maximum absolute atomic E-state index is 12.7. The third-order valence-electron chi connectivity index (χ3n) is 4.41. The lowest BCUT2D eigenvalue weighted by Gasteiger charge is -2.32. The van der Waals surface area contributed by atoms with E-state index in [4.69, 9.17) is 10.5 Å². The number of nitrogens with zero attached hydrogens (tertiary/aromatic N) is 2. The molecule has 1 aliphatic carbocycles. The van der Waals surface area contributed by atoms with Crippen LogP contribution in [0.2, 0.25) is 0 Å². The minimum atomic E-state index is -0.499. The largest absolute Gasteiger partial charge is 0.444 e. The molecule has 2 amide bonds. The van der Waals surface area contributed by atoms with Crippen LogP contribution in [0.15, 0.2) is 0 Å². The molecule has 2 rings (SSSR count). The highest BCUT2D eigenvalue weighted by Crippen LogP contribution is 2.32. The molecule has 1 saturated carbocycles. The van der Waals surface area contributed by atoms with Crippen LogP contribution in [0.1, 0.15) is 53.9 Å². The van der Waals surface area contributed by atoms with Gasteiger partial charge < -0.3 is 20.3 Å². The van der Waals surface area contributed by atoms with Crippen molar-refractivity contribution in [2.24, 2.45) is 11.7 Å². The van der Waals surface area contributed by atoms with E-state index in [-0.39, 0.29) is 24.0 Å². The Morgan fingerprint density at radius 2 is 1.78 bits per heavy atom. The van der Waals surface area contributed by atoms with E-state index in [9.17, 15) is 9.59 Å². The maximum atomic E-state index is 12.7. The van der Waals surface area contributed by atoms with Gasteiger partial charge in [-0.3, -0.25) is 4.79 Å². The molecule has 23 heavy (non-hydrogen) atoms. The van der Waals surface area contributed by atoms with Gasteiger partial charge in [0.05, 0.1) is 12.1 Å². The average Bonchev–Trinajstić information content (AvgIpc) is 3.12. The standard InChI is InChI=1S/C17H31N3O3/c1-11(2)14(18)15(21)20(12-6-7-12)13-8-9-19(10-13)16(22)23-17(3,4)5/h11-14H,6-10,18H2,1-5H3/t13?,14-/m0/s1. The molecule has 2 atom stereocenters. The van der Waals surface area contributed by atoms with Crippen LogP contribution in [0.5, 0.6) is 0 Å². The van der Waals surface area contributed by atoms with Crippen molar-refractivity contribution in [3.63, 3.8) is 0 Å². The van der Waals surface area contributed by atoms with Gasteiger partial charge in [-0.25, -0.2) is 4.79 Å². The molecule has 2 N–H and O–H groups in total. The Labute approximate surface area is 139 Å². The number of hydrogen-bond donors (Lipinski definition) is 1. The summed E-state index contributed by atoms with van der Waals surface area (Å²) in [7, 11) is 0. The second kappa shape index (κ2) is 6.67. The monoisotopic (exact) mass is 325 g/mol. The fraction of sp³-hybridized carbons (Fsp3) is 0.882. The summed E-state index contributed by atoms with van der Waals surface area (Å²) in [5.74, 6) is 0.144. The lowest BCUT2D eigenvalue weighted by molar-refractivity contribution is -0.136. The topological polar surface area (TPSA) is 75.9 Å². The van der Waals surface area contributed by atoms with E-state index in [1.807, 2.05) is 39.5 Å². The number of ether oxygens (including phenoxy) is 1. The molecule has 0 aromatic rings. The van der Waals surface area contributed by atoms with Crippen LogP contribution in [-0.4, -0.2) is 58.6 Å². The second-order valence-electron chi connectivity index (χ2n) is 8.12. The Hall–Kier alpha value is -1.30. The molecule has 1 unspecified atom stereocenters. The van der Waals surface area contributed by atoms with E-state index in [1.165, 1.54) is 0 Å². The molecule has 6 heteroatoms. The van der Waals surface area contributed by atoms with Crippen LogP contribution in [0, 0.1) is 5.92 Å². The van der Waals surface area contributed by atoms with Crippen LogP contribution in [0.4, 0.5) is 4.79 Å². The third-order valence-corrected chi connectivity index (χ3v) is 4.41. The first-order valence-corrected chi connectivity index (χ1v) is 8.66. The number of amides is 2. The minimum Gasteiger partial charge on any atom is -0.444 e. The van der Waals surface area contributed by atoms with Gasteiger partial charge in [-0.2, -0.15) is 0 Å². The van der Waals surface area contributed by atoms with Crippen molar-refractivity contribution >= 4 is 12.0 Å². The zero-order chi connectivity index (χ0) is 17.4. The van der Waals surface area contributed by atoms with E-state index in [0.717, 1.165) is 19.3 Å². The Bertz CT molecular complexity index is 454. The van der Waals surface area contributed by atoms with Crippen LogP contribution >= 0.6 is 0 Å². The molecule has 1 saturated heterocycles. The molecule has 0 aromatic heterocycles. The van der Waals surface area contributed by atoms with Gasteiger partial charge in [-0.15, -0.1) is 0 Å². The van der Waals surface area contributed by atoms with E-state index in [1.54, 1.807) is 4.90 Å². The Balaban J connectivity index is 2.00. The molecule has 2 aliphatic rings. The summed E-state index contributed by atoms with van der Waals surface area (Å²) in [5.41, 5.74) is 5.58. The fourth-order valence-corrected chi connectivity index (χ4v) is 2.93. The summed E-state index contributed by atoms with van der Waals surface area (Å²) in [5, 5.41) is 0. The van der Waals surface area contributed by atoms with Crippen molar-refractivity contribution in [1.29, 1.82) is 0 Å². The van der Waals surface area contributed by atoms with Gasteiger partial charge >= 0.3 is 6.09 Å². The van der Waals surface area contributed by atoms with Crippen molar-refractivity contribution in [1.82, 2.24) is 9.80 Å². The average molecular weight is 325 g/mol. The van der Waals surface area contributed by atoms with Crippen LogP contribution < -0.4 is 5.73 Å². The second-order valence-corrected chi connectivity index (χ2v) is 8.12. The Morgan fingerprint density at radius 3 is 2.26 bits per heavy atom. The number of hydrogen-bond acceptors (Lipinski definition) is 4. The Kier molecular flexibility index (Phi) is 5.23. The van der Waals surface area contributed by atoms with E-state index in [2.05, 4.69) is 0 Å². The molecule has 1 aliphatic heterocycles. The molecule has 2 fully saturated rings. The zero-order valence-electron chi connectivity index (χ0n) is 15.0. The maximum Gasteiger partial charge on any atom is 0.410 e. The predicted octanol–water partition coefficient (Wildman–Crippen LogP) is 1.97. The summed E-state index contributed by atoms with van der Waals surface area (Å²) in [6.07, 6.45) is 2.59. The van der Waals surface area contributed by atoms with Crippen molar-refractivity contribution < 1.29 is 14.3 Å². The van der Waals surface area contributed by atoms with Crippen LogP contribution in [0.25, 0.3) is 0 Å². The highest BCUT2D eigenvalue weighted by Gasteiger charge is 2.43. The number of rotatable bonds is 4. The van der Waals surface area contributed by atoms with Crippen molar-refractivity contribution in [3.05, 3.63) is 0 Å². The number of likely N-dealkylation sites (tertiary alicyclic amines) is 1. The highest BCUT2D eigenvalue weighted by atomic mass is 16.6. The van der Waals surface area contributed by atoms with E-state index >= 15 is 0 Å². The van der Waals surface area contributed by atoms with Gasteiger partial charge in [0.25, 0.3) is 0 Å². The van der Waals surface area contributed by atoms with Crippen molar-refractivity contribution in [3.8, 4) is 0 Å². The normalized spacial score (nSPS) is 23.1. The fourth-order valence-electron chi connectivity index (χ4n) is 2.93. The summed E-state index contributed by atoms with van der Waals surface area (Å²) in [4.78, 5) is 28.6. The lowest BCUT2D eigenvalue weighted by atomic mass is 10.0. The van der Waals surface area contributed by atoms with Gasteiger partial charge in [0.2, 0.25) is 5.91 Å². The van der Waals surface area contributed by atoms with Gasteiger partial charge in [-0.05, 0) is 46.0 Å². The Morgan fingerprint density at radius 1 is 1.17 bits per heavy atom. The molecular formula is C17H31N3O3. The first kappa shape index (κ1) is 18.0. The summed E-state index contributed by atoms with van der Waals surface area (Å²) < 4.78 is 5.43. The minimum absolute atomic E-state index is 0.0264. The molecule has 6 nitrogen and oxygen atoms in total.